The van der Waals surface area contributed by atoms with Crippen LogP contribution in [-0.2, 0) is 12.7 Å². The summed E-state index contributed by atoms with van der Waals surface area (Å²) in [6.07, 6.45) is -2.29. The van der Waals surface area contributed by atoms with Crippen LogP contribution >= 0.6 is 0 Å². The van der Waals surface area contributed by atoms with E-state index in [0.717, 1.165) is 30.7 Å². The Morgan fingerprint density at radius 1 is 1.06 bits per heavy atom. The van der Waals surface area contributed by atoms with Gasteiger partial charge in [-0.1, -0.05) is 22.4 Å². The summed E-state index contributed by atoms with van der Waals surface area (Å²) in [4.78, 5) is 20.7. The summed E-state index contributed by atoms with van der Waals surface area (Å²) >= 11 is 0. The van der Waals surface area contributed by atoms with Gasteiger partial charge in [-0.15, -0.1) is 0 Å². The maximum absolute atomic E-state index is 12.9. The molecule has 5 rings (SSSR count). The lowest BCUT2D eigenvalue weighted by atomic mass is 10.1. The molecule has 1 aromatic carbocycles. The average molecular weight is 447 g/mol. The van der Waals surface area contributed by atoms with Crippen molar-refractivity contribution in [2.75, 3.05) is 26.2 Å². The molecule has 1 saturated carbocycles. The average Bonchev–Trinajstić information content (AvgIpc) is 3.32. The third-order valence-electron chi connectivity index (χ3n) is 5.66. The first-order valence-corrected chi connectivity index (χ1v) is 10.4. The van der Waals surface area contributed by atoms with Crippen LogP contribution in [0.5, 0.6) is 0 Å². The number of aromatic nitrogens is 3. The Morgan fingerprint density at radius 3 is 2.56 bits per heavy atom. The van der Waals surface area contributed by atoms with Crippen LogP contribution in [0.3, 0.4) is 0 Å². The van der Waals surface area contributed by atoms with E-state index in [9.17, 15) is 18.0 Å². The molecule has 168 valence electrons. The number of alkyl halides is 3. The second-order valence-corrected chi connectivity index (χ2v) is 8.05. The van der Waals surface area contributed by atoms with Crippen molar-refractivity contribution in [1.29, 1.82) is 0 Å². The number of rotatable bonds is 5. The van der Waals surface area contributed by atoms with Crippen molar-refractivity contribution in [2.45, 2.75) is 31.5 Å². The van der Waals surface area contributed by atoms with Gasteiger partial charge in [0.15, 0.2) is 5.69 Å². The molecule has 8 nitrogen and oxygen atoms in total. The number of amides is 1. The summed E-state index contributed by atoms with van der Waals surface area (Å²) in [6, 6.07) is 6.55. The maximum atomic E-state index is 12.9. The highest BCUT2D eigenvalue weighted by Crippen LogP contribution is 2.40. The SMILES string of the molecule is O=C(c1cc(C2CC2)on1)N1CCN(Cc2nc(-c3cccc(C(F)(F)F)c3)no2)CC1. The number of piperazine rings is 1. The zero-order valence-corrected chi connectivity index (χ0v) is 17.0. The fraction of sp³-hybridized carbons (Fsp3) is 0.429. The normalized spacial score (nSPS) is 17.7. The van der Waals surface area contributed by atoms with Gasteiger partial charge in [0.25, 0.3) is 5.91 Å². The Hall–Kier alpha value is -3.21. The Balaban J connectivity index is 1.17. The smallest absolute Gasteiger partial charge is 0.360 e. The highest BCUT2D eigenvalue weighted by molar-refractivity contribution is 5.92. The molecule has 2 aliphatic rings. The number of hydrogen-bond donors (Lipinski definition) is 0. The molecule has 0 radical (unpaired) electrons. The van der Waals surface area contributed by atoms with E-state index < -0.39 is 11.7 Å². The first-order valence-electron chi connectivity index (χ1n) is 10.4. The molecular formula is C21H20F3N5O3. The Labute approximate surface area is 181 Å². The topological polar surface area (TPSA) is 88.5 Å². The van der Waals surface area contributed by atoms with E-state index >= 15 is 0 Å². The summed E-state index contributed by atoms with van der Waals surface area (Å²) in [5, 5.41) is 7.72. The summed E-state index contributed by atoms with van der Waals surface area (Å²) in [6.45, 7) is 2.57. The van der Waals surface area contributed by atoms with Crippen molar-refractivity contribution in [3.05, 3.63) is 53.2 Å². The first kappa shape index (κ1) is 20.7. The van der Waals surface area contributed by atoms with E-state index in [1.54, 1.807) is 11.0 Å². The van der Waals surface area contributed by atoms with Gasteiger partial charge in [0.2, 0.25) is 11.7 Å². The predicted octanol–water partition coefficient (Wildman–Crippen LogP) is 3.58. The Morgan fingerprint density at radius 2 is 1.84 bits per heavy atom. The fourth-order valence-electron chi connectivity index (χ4n) is 3.68. The minimum Gasteiger partial charge on any atom is -0.360 e. The number of halogens is 3. The number of hydrogen-bond acceptors (Lipinski definition) is 7. The van der Waals surface area contributed by atoms with Gasteiger partial charge in [-0.25, -0.2) is 0 Å². The lowest BCUT2D eigenvalue weighted by Crippen LogP contribution is -2.48. The van der Waals surface area contributed by atoms with Crippen LogP contribution < -0.4 is 0 Å². The van der Waals surface area contributed by atoms with Crippen LogP contribution in [0.4, 0.5) is 13.2 Å². The number of carbonyl (C=O) groups is 1. The molecule has 1 amide bonds. The molecule has 11 heteroatoms. The lowest BCUT2D eigenvalue weighted by Gasteiger charge is -2.33. The molecule has 3 aromatic rings. The molecule has 1 aliphatic carbocycles. The van der Waals surface area contributed by atoms with Crippen LogP contribution in [0.2, 0.25) is 0 Å². The fourth-order valence-corrected chi connectivity index (χ4v) is 3.68. The van der Waals surface area contributed by atoms with Gasteiger partial charge >= 0.3 is 6.18 Å². The third-order valence-corrected chi connectivity index (χ3v) is 5.66. The first-order chi connectivity index (χ1) is 15.4. The van der Waals surface area contributed by atoms with Crippen LogP contribution in [-0.4, -0.2) is 57.2 Å². The molecule has 3 heterocycles. The van der Waals surface area contributed by atoms with Crippen molar-refractivity contribution in [1.82, 2.24) is 25.1 Å². The summed E-state index contributed by atoms with van der Waals surface area (Å²) in [5.41, 5.74) is -0.190. The Kier molecular flexibility index (Phi) is 5.20. The third kappa shape index (κ3) is 4.38. The molecule has 0 spiro atoms. The summed E-state index contributed by atoms with van der Waals surface area (Å²) < 4.78 is 49.3. The second kappa shape index (κ2) is 8.05. The largest absolute Gasteiger partial charge is 0.416 e. The van der Waals surface area contributed by atoms with Gasteiger partial charge in [0, 0.05) is 43.7 Å². The molecule has 0 bridgehead atoms. The van der Waals surface area contributed by atoms with E-state index in [-0.39, 0.29) is 17.3 Å². The molecule has 1 saturated heterocycles. The second-order valence-electron chi connectivity index (χ2n) is 8.05. The molecule has 0 unspecified atom stereocenters. The monoisotopic (exact) mass is 447 g/mol. The van der Waals surface area contributed by atoms with E-state index in [0.29, 0.717) is 50.2 Å². The van der Waals surface area contributed by atoms with Crippen molar-refractivity contribution in [2.24, 2.45) is 0 Å². The molecule has 2 fully saturated rings. The Bertz CT molecular complexity index is 1110. The standard InChI is InChI=1S/C21H20F3N5O3/c22-21(23,24)15-3-1-2-14(10-15)19-25-18(32-27-19)12-28-6-8-29(9-7-28)20(30)16-11-17(31-26-16)13-4-5-13/h1-3,10-11,13H,4-9,12H2. The highest BCUT2D eigenvalue weighted by Gasteiger charge is 2.32. The van der Waals surface area contributed by atoms with Gasteiger partial charge in [0.1, 0.15) is 5.76 Å². The number of benzene rings is 1. The van der Waals surface area contributed by atoms with Gasteiger partial charge in [0.05, 0.1) is 12.1 Å². The minimum atomic E-state index is -4.44. The van der Waals surface area contributed by atoms with Crippen LogP contribution in [0.1, 0.15) is 46.5 Å². The summed E-state index contributed by atoms with van der Waals surface area (Å²) in [7, 11) is 0. The number of carbonyl (C=O) groups excluding carboxylic acids is 1. The highest BCUT2D eigenvalue weighted by atomic mass is 19.4. The number of nitrogens with zero attached hydrogens (tertiary/aromatic N) is 5. The van der Waals surface area contributed by atoms with Crippen LogP contribution in [0.25, 0.3) is 11.4 Å². The van der Waals surface area contributed by atoms with E-state index in [2.05, 4.69) is 15.3 Å². The van der Waals surface area contributed by atoms with E-state index in [1.807, 2.05) is 4.90 Å². The predicted molar refractivity (Wildman–Crippen MR) is 104 cm³/mol. The molecule has 2 aromatic heterocycles. The molecule has 0 atom stereocenters. The molecular weight excluding hydrogens is 427 g/mol. The van der Waals surface area contributed by atoms with Crippen molar-refractivity contribution in [3.63, 3.8) is 0 Å². The van der Waals surface area contributed by atoms with Gasteiger partial charge in [-0.3, -0.25) is 9.69 Å². The van der Waals surface area contributed by atoms with Crippen molar-refractivity contribution < 1.29 is 27.0 Å². The van der Waals surface area contributed by atoms with E-state index in [4.69, 9.17) is 9.05 Å². The quantitative estimate of drug-likeness (QED) is 0.591. The van der Waals surface area contributed by atoms with Gasteiger partial charge < -0.3 is 13.9 Å². The minimum absolute atomic E-state index is 0.109. The van der Waals surface area contributed by atoms with Gasteiger partial charge in [-0.2, -0.15) is 18.2 Å². The maximum Gasteiger partial charge on any atom is 0.416 e. The molecule has 0 N–H and O–H groups in total. The van der Waals surface area contributed by atoms with Gasteiger partial charge in [-0.05, 0) is 25.0 Å². The van der Waals surface area contributed by atoms with E-state index in [1.165, 1.54) is 12.1 Å². The summed E-state index contributed by atoms with van der Waals surface area (Å²) in [5.74, 6) is 1.45. The molecule has 1 aliphatic heterocycles. The van der Waals surface area contributed by atoms with Crippen LogP contribution in [0, 0.1) is 0 Å². The van der Waals surface area contributed by atoms with Crippen LogP contribution in [0.15, 0.2) is 39.4 Å². The zero-order chi connectivity index (χ0) is 22.3. The van der Waals surface area contributed by atoms with Crippen molar-refractivity contribution in [3.8, 4) is 11.4 Å². The van der Waals surface area contributed by atoms with Crippen molar-refractivity contribution >= 4 is 5.91 Å². The molecule has 32 heavy (non-hydrogen) atoms. The lowest BCUT2D eigenvalue weighted by molar-refractivity contribution is -0.137. The zero-order valence-electron chi connectivity index (χ0n) is 17.0.